The molecule has 2 aromatic heterocycles. The lowest BCUT2D eigenvalue weighted by Crippen LogP contribution is -2.39. The van der Waals surface area contributed by atoms with Crippen molar-refractivity contribution < 1.29 is 19.0 Å². The van der Waals surface area contributed by atoms with Gasteiger partial charge in [0.2, 0.25) is 0 Å². The van der Waals surface area contributed by atoms with E-state index in [1.807, 2.05) is 37.3 Å². The van der Waals surface area contributed by atoms with Gasteiger partial charge in [0.05, 0.1) is 6.61 Å². The van der Waals surface area contributed by atoms with Gasteiger partial charge in [-0.15, -0.1) is 0 Å². The van der Waals surface area contributed by atoms with Crippen LogP contribution in [-0.2, 0) is 4.74 Å². The number of nitrogens with zero attached hydrogens (tertiary/aromatic N) is 2. The van der Waals surface area contributed by atoms with Gasteiger partial charge in [0.1, 0.15) is 34.7 Å². The number of aromatic amines is 1. The molecule has 0 saturated heterocycles. The third kappa shape index (κ3) is 5.44. The number of ether oxygens (including phenoxy) is 3. The molecule has 0 unspecified atom stereocenters. The molecule has 2 N–H and O–H groups in total. The van der Waals surface area contributed by atoms with Gasteiger partial charge in [-0.2, -0.15) is 0 Å². The maximum Gasteiger partial charge on any atom is 0.251 e. The number of methoxy groups -OCH3 is 1. The summed E-state index contributed by atoms with van der Waals surface area (Å²) in [5.41, 5.74) is 2.90. The summed E-state index contributed by atoms with van der Waals surface area (Å²) >= 11 is 0. The Balaban J connectivity index is 1.39. The summed E-state index contributed by atoms with van der Waals surface area (Å²) in [6.07, 6.45) is 4.86. The van der Waals surface area contributed by atoms with Gasteiger partial charge < -0.3 is 24.5 Å². The van der Waals surface area contributed by atoms with Crippen molar-refractivity contribution in [2.24, 2.45) is 0 Å². The molecule has 1 atom stereocenters. The Kier molecular flexibility index (Phi) is 6.63. The topological polar surface area (TPSA) is 98.4 Å². The van der Waals surface area contributed by atoms with E-state index in [2.05, 4.69) is 20.3 Å². The molecule has 5 rings (SSSR count). The van der Waals surface area contributed by atoms with Crippen LogP contribution >= 0.6 is 0 Å². The Hall–Kier alpha value is -3.91. The summed E-state index contributed by atoms with van der Waals surface area (Å²) in [5, 5.41) is 3.05. The van der Waals surface area contributed by atoms with E-state index in [-0.39, 0.29) is 12.0 Å². The molecule has 180 valence electrons. The van der Waals surface area contributed by atoms with Gasteiger partial charge in [-0.25, -0.2) is 9.97 Å². The standard InChI is InChI=1S/C27H28N4O4/c1-17(16-33-2)34-22-13-19(25-30-24-7-4-12-28-26(24)31-25)14-23(15-22)35-21-10-8-18(9-11-21)27(32)29-20-5-3-6-20/h4,7-15,17,20H,3,5-6,16H2,1-2H3,(H,29,32)(H,28,30,31)/t17-/m0/s1. The molecule has 0 bridgehead atoms. The number of carbonyl (C=O) groups excluding carboxylic acids is 1. The maximum absolute atomic E-state index is 12.4. The van der Waals surface area contributed by atoms with Crippen molar-refractivity contribution in [3.8, 4) is 28.6 Å². The Morgan fingerprint density at radius 2 is 1.91 bits per heavy atom. The molecule has 0 radical (unpaired) electrons. The Morgan fingerprint density at radius 3 is 2.63 bits per heavy atom. The highest BCUT2D eigenvalue weighted by Crippen LogP contribution is 2.33. The number of rotatable bonds is 9. The molecule has 2 aromatic carbocycles. The zero-order valence-corrected chi connectivity index (χ0v) is 19.8. The van der Waals surface area contributed by atoms with Crippen LogP contribution in [0.4, 0.5) is 0 Å². The number of H-pyrrole nitrogens is 1. The van der Waals surface area contributed by atoms with Gasteiger partial charge in [-0.1, -0.05) is 0 Å². The molecule has 1 saturated carbocycles. The number of pyridine rings is 1. The van der Waals surface area contributed by atoms with Crippen molar-refractivity contribution in [3.63, 3.8) is 0 Å². The fraction of sp³-hybridized carbons (Fsp3) is 0.296. The predicted molar refractivity (Wildman–Crippen MR) is 133 cm³/mol. The van der Waals surface area contributed by atoms with Crippen LogP contribution in [0, 0.1) is 0 Å². The minimum Gasteiger partial charge on any atom is -0.488 e. The van der Waals surface area contributed by atoms with Gasteiger partial charge >= 0.3 is 0 Å². The molecule has 4 aromatic rings. The van der Waals surface area contributed by atoms with Crippen LogP contribution in [0.2, 0.25) is 0 Å². The first kappa shape index (κ1) is 22.9. The second-order valence-electron chi connectivity index (χ2n) is 8.76. The van der Waals surface area contributed by atoms with Crippen LogP contribution in [0.3, 0.4) is 0 Å². The minimum atomic E-state index is -0.145. The zero-order chi connectivity index (χ0) is 24.2. The molecule has 0 aliphatic heterocycles. The Bertz CT molecular complexity index is 1280. The molecule has 0 spiro atoms. The van der Waals surface area contributed by atoms with Crippen molar-refractivity contribution in [3.05, 3.63) is 66.4 Å². The molecular formula is C27H28N4O4. The highest BCUT2D eigenvalue weighted by molar-refractivity contribution is 5.94. The zero-order valence-electron chi connectivity index (χ0n) is 19.8. The minimum absolute atomic E-state index is 0.0513. The van der Waals surface area contributed by atoms with Crippen LogP contribution in [0.25, 0.3) is 22.6 Å². The quantitative estimate of drug-likeness (QED) is 0.351. The number of imidazole rings is 1. The largest absolute Gasteiger partial charge is 0.488 e. The normalized spacial score (nSPS) is 14.3. The number of benzene rings is 2. The number of fused-ring (bicyclic) bond motifs is 1. The van der Waals surface area contributed by atoms with Crippen LogP contribution < -0.4 is 14.8 Å². The lowest BCUT2D eigenvalue weighted by Gasteiger charge is -2.26. The number of amides is 1. The smallest absolute Gasteiger partial charge is 0.251 e. The van der Waals surface area contributed by atoms with Crippen LogP contribution in [0.1, 0.15) is 36.5 Å². The average molecular weight is 473 g/mol. The first-order chi connectivity index (χ1) is 17.1. The molecule has 1 aliphatic rings. The molecule has 8 nitrogen and oxygen atoms in total. The Morgan fingerprint density at radius 1 is 1.11 bits per heavy atom. The van der Waals surface area contributed by atoms with E-state index in [1.54, 1.807) is 37.6 Å². The first-order valence-electron chi connectivity index (χ1n) is 11.8. The fourth-order valence-corrected chi connectivity index (χ4v) is 3.95. The highest BCUT2D eigenvalue weighted by atomic mass is 16.5. The van der Waals surface area contributed by atoms with Gasteiger partial charge in [-0.05, 0) is 74.7 Å². The summed E-state index contributed by atoms with van der Waals surface area (Å²) < 4.78 is 17.4. The number of hydrogen-bond donors (Lipinski definition) is 2. The predicted octanol–water partition coefficient (Wildman–Crippen LogP) is 5.11. The fourth-order valence-electron chi connectivity index (χ4n) is 3.95. The van der Waals surface area contributed by atoms with Gasteiger partial charge in [-0.3, -0.25) is 4.79 Å². The van der Waals surface area contributed by atoms with Gasteiger partial charge in [0, 0.05) is 36.5 Å². The second kappa shape index (κ2) is 10.1. The molecular weight excluding hydrogens is 444 g/mol. The third-order valence-electron chi connectivity index (χ3n) is 5.94. The van der Waals surface area contributed by atoms with Gasteiger partial charge in [0.25, 0.3) is 5.91 Å². The summed E-state index contributed by atoms with van der Waals surface area (Å²) in [7, 11) is 1.64. The number of nitrogens with one attached hydrogen (secondary N) is 2. The second-order valence-corrected chi connectivity index (χ2v) is 8.76. The van der Waals surface area contributed by atoms with E-state index < -0.39 is 0 Å². The summed E-state index contributed by atoms with van der Waals surface area (Å²) in [4.78, 5) is 24.6. The van der Waals surface area contributed by atoms with E-state index in [4.69, 9.17) is 14.2 Å². The molecule has 2 heterocycles. The maximum atomic E-state index is 12.4. The van der Waals surface area contributed by atoms with Crippen molar-refractivity contribution in [2.75, 3.05) is 13.7 Å². The van der Waals surface area contributed by atoms with Crippen molar-refractivity contribution >= 4 is 17.1 Å². The van der Waals surface area contributed by atoms with E-state index in [1.165, 1.54) is 6.42 Å². The molecule has 1 fully saturated rings. The molecule has 1 aliphatic carbocycles. The number of aromatic nitrogens is 3. The number of carbonyl (C=O) groups is 1. The summed E-state index contributed by atoms with van der Waals surface area (Å²) in [5.74, 6) is 2.44. The molecule has 8 heteroatoms. The van der Waals surface area contributed by atoms with E-state index >= 15 is 0 Å². The molecule has 1 amide bonds. The van der Waals surface area contributed by atoms with Crippen LogP contribution in [0.5, 0.6) is 17.2 Å². The van der Waals surface area contributed by atoms with Crippen LogP contribution in [-0.4, -0.2) is 46.7 Å². The average Bonchev–Trinajstić information content (AvgIpc) is 3.26. The molecule has 35 heavy (non-hydrogen) atoms. The van der Waals surface area contributed by atoms with Crippen molar-refractivity contribution in [1.82, 2.24) is 20.3 Å². The lowest BCUT2D eigenvalue weighted by molar-refractivity contribution is 0.0916. The summed E-state index contributed by atoms with van der Waals surface area (Å²) in [6.45, 7) is 2.40. The SMILES string of the molecule is COC[C@H](C)Oc1cc(Oc2ccc(C(=O)NC3CCC3)cc2)cc(-c2nc3cccnc3[nH]2)c1. The van der Waals surface area contributed by atoms with Gasteiger partial charge in [0.15, 0.2) is 5.65 Å². The number of hydrogen-bond acceptors (Lipinski definition) is 6. The lowest BCUT2D eigenvalue weighted by atomic mass is 9.93. The Labute approximate surface area is 203 Å². The first-order valence-corrected chi connectivity index (χ1v) is 11.8. The van der Waals surface area contributed by atoms with Crippen molar-refractivity contribution in [1.29, 1.82) is 0 Å². The van der Waals surface area contributed by atoms with E-state index in [9.17, 15) is 4.79 Å². The van der Waals surface area contributed by atoms with E-state index in [0.717, 1.165) is 23.9 Å². The van der Waals surface area contributed by atoms with Crippen molar-refractivity contribution in [2.45, 2.75) is 38.3 Å². The summed E-state index contributed by atoms with van der Waals surface area (Å²) in [6, 6.07) is 16.8. The van der Waals surface area contributed by atoms with E-state index in [0.29, 0.717) is 46.9 Å². The third-order valence-corrected chi connectivity index (χ3v) is 5.94. The monoisotopic (exact) mass is 472 g/mol. The van der Waals surface area contributed by atoms with Crippen LogP contribution in [0.15, 0.2) is 60.8 Å². The highest BCUT2D eigenvalue weighted by Gasteiger charge is 2.20.